The molecule has 1 aromatic heterocycles. The molecule has 0 saturated heterocycles. The van der Waals surface area contributed by atoms with E-state index in [4.69, 9.17) is 10.5 Å². The molecule has 154 valence electrons. The van der Waals surface area contributed by atoms with Crippen molar-refractivity contribution in [3.63, 3.8) is 0 Å². The molecule has 0 aliphatic heterocycles. The van der Waals surface area contributed by atoms with Crippen molar-refractivity contribution in [3.05, 3.63) is 89.5 Å². The van der Waals surface area contributed by atoms with E-state index in [1.807, 2.05) is 54.6 Å². The van der Waals surface area contributed by atoms with Gasteiger partial charge in [0, 0.05) is 12.5 Å². The van der Waals surface area contributed by atoms with Crippen LogP contribution in [0.1, 0.15) is 22.6 Å². The summed E-state index contributed by atoms with van der Waals surface area (Å²) in [7, 11) is 0. The number of hydrogen-bond donors (Lipinski definition) is 2. The number of benzene rings is 3. The Balaban J connectivity index is 1.17. The summed E-state index contributed by atoms with van der Waals surface area (Å²) in [5.74, 6) is 0.0623. The Bertz CT molecular complexity index is 1250. The molecule has 1 amide bonds. The Labute approximate surface area is 184 Å². The second-order valence-corrected chi connectivity index (χ2v) is 8.45. The Kier molecular flexibility index (Phi) is 5.14. The van der Waals surface area contributed by atoms with E-state index in [1.54, 1.807) is 0 Å². The van der Waals surface area contributed by atoms with Gasteiger partial charge in [-0.05, 0) is 39.9 Å². The number of nitrogens with two attached hydrogens (primary N) is 1. The topological polar surface area (TPSA) is 77.2 Å². The summed E-state index contributed by atoms with van der Waals surface area (Å²) in [5, 5.41) is 3.35. The highest BCUT2D eigenvalue weighted by Gasteiger charge is 2.28. The number of amides is 1. The van der Waals surface area contributed by atoms with Gasteiger partial charge in [0.1, 0.15) is 6.61 Å². The van der Waals surface area contributed by atoms with Crippen molar-refractivity contribution in [3.8, 4) is 11.1 Å². The number of hydrogen-bond acceptors (Lipinski definition) is 5. The number of nitrogens with one attached hydrogen (secondary N) is 1. The lowest BCUT2D eigenvalue weighted by Crippen LogP contribution is -2.26. The van der Waals surface area contributed by atoms with Crippen LogP contribution in [0, 0.1) is 0 Å². The molecule has 5 rings (SSSR count). The van der Waals surface area contributed by atoms with Crippen molar-refractivity contribution in [1.82, 2.24) is 10.3 Å². The van der Waals surface area contributed by atoms with Gasteiger partial charge in [-0.3, -0.25) is 0 Å². The van der Waals surface area contributed by atoms with Gasteiger partial charge in [-0.25, -0.2) is 9.78 Å². The van der Waals surface area contributed by atoms with Crippen LogP contribution in [0.15, 0.2) is 72.8 Å². The maximum absolute atomic E-state index is 12.2. The maximum atomic E-state index is 12.2. The number of thiazole rings is 1. The molecule has 0 fully saturated rings. The van der Waals surface area contributed by atoms with Gasteiger partial charge in [0.05, 0.1) is 10.2 Å². The van der Waals surface area contributed by atoms with Crippen LogP contribution in [0.25, 0.3) is 27.4 Å². The van der Waals surface area contributed by atoms with Gasteiger partial charge in [-0.1, -0.05) is 78.1 Å². The minimum absolute atomic E-state index is 0.0623. The SMILES string of the molecule is Nc1nc2ccc(C=CCNC(=O)OCC3c4ccccc4-c4ccccc43)cc2s1. The van der Waals surface area contributed by atoms with E-state index in [9.17, 15) is 4.79 Å². The highest BCUT2D eigenvalue weighted by Crippen LogP contribution is 2.44. The second kappa shape index (κ2) is 8.24. The maximum Gasteiger partial charge on any atom is 0.407 e. The first-order chi connectivity index (χ1) is 15.2. The third-order valence-electron chi connectivity index (χ3n) is 5.45. The van der Waals surface area contributed by atoms with Crippen molar-refractivity contribution in [2.45, 2.75) is 5.92 Å². The van der Waals surface area contributed by atoms with E-state index in [2.05, 4.69) is 34.6 Å². The van der Waals surface area contributed by atoms with Gasteiger partial charge in [-0.2, -0.15) is 0 Å². The minimum Gasteiger partial charge on any atom is -0.449 e. The number of anilines is 1. The number of nitrogens with zero attached hydrogens (tertiary/aromatic N) is 1. The lowest BCUT2D eigenvalue weighted by atomic mass is 9.98. The summed E-state index contributed by atoms with van der Waals surface area (Å²) in [6, 6.07) is 22.6. The van der Waals surface area contributed by atoms with Gasteiger partial charge in [0.15, 0.2) is 5.13 Å². The number of carbonyl (C=O) groups is 1. The lowest BCUT2D eigenvalue weighted by Gasteiger charge is -2.14. The predicted molar refractivity (Wildman–Crippen MR) is 126 cm³/mol. The molecule has 0 atom stereocenters. The predicted octanol–water partition coefficient (Wildman–Crippen LogP) is 5.43. The summed E-state index contributed by atoms with van der Waals surface area (Å²) in [6.45, 7) is 0.701. The summed E-state index contributed by atoms with van der Waals surface area (Å²) >= 11 is 1.46. The zero-order valence-corrected chi connectivity index (χ0v) is 17.6. The molecule has 5 nitrogen and oxygen atoms in total. The molecule has 3 aromatic carbocycles. The monoisotopic (exact) mass is 427 g/mol. The van der Waals surface area contributed by atoms with E-state index in [-0.39, 0.29) is 5.92 Å². The fraction of sp³-hybridized carbons (Fsp3) is 0.120. The molecule has 0 unspecified atom stereocenters. The van der Waals surface area contributed by atoms with Crippen LogP contribution in [0.3, 0.4) is 0 Å². The van der Waals surface area contributed by atoms with Gasteiger partial charge in [-0.15, -0.1) is 0 Å². The molecule has 1 aliphatic carbocycles. The number of aromatic nitrogens is 1. The molecule has 1 heterocycles. The van der Waals surface area contributed by atoms with Gasteiger partial charge in [0.2, 0.25) is 0 Å². The molecule has 0 saturated carbocycles. The molecule has 3 N–H and O–H groups in total. The van der Waals surface area contributed by atoms with Gasteiger partial charge in [0.25, 0.3) is 0 Å². The number of fused-ring (bicyclic) bond motifs is 4. The van der Waals surface area contributed by atoms with E-state index < -0.39 is 6.09 Å². The minimum atomic E-state index is -0.419. The average Bonchev–Trinajstić information content (AvgIpc) is 3.32. The van der Waals surface area contributed by atoms with Gasteiger partial charge >= 0.3 is 6.09 Å². The Morgan fingerprint density at radius 2 is 1.77 bits per heavy atom. The molecular weight excluding hydrogens is 406 g/mol. The van der Waals surface area contributed by atoms with E-state index in [0.29, 0.717) is 18.3 Å². The third-order valence-corrected chi connectivity index (χ3v) is 6.29. The zero-order chi connectivity index (χ0) is 21.2. The van der Waals surface area contributed by atoms with Gasteiger partial charge < -0.3 is 15.8 Å². The number of ether oxygens (including phenoxy) is 1. The lowest BCUT2D eigenvalue weighted by molar-refractivity contribution is 0.144. The van der Waals surface area contributed by atoms with E-state index in [1.165, 1.54) is 33.6 Å². The standard InChI is InChI=1S/C25H21N3O2S/c26-24-28-22-12-11-16(14-23(22)31-24)6-5-13-27-25(29)30-15-21-19-9-3-1-7-17(19)18-8-2-4-10-20(18)21/h1-12,14,21H,13,15H2,(H2,26,28)(H,27,29). The second-order valence-electron chi connectivity index (χ2n) is 7.39. The molecule has 0 bridgehead atoms. The quantitative estimate of drug-likeness (QED) is 0.445. The van der Waals surface area contributed by atoms with E-state index >= 15 is 0 Å². The van der Waals surface area contributed by atoms with Crippen molar-refractivity contribution in [2.75, 3.05) is 18.9 Å². The van der Waals surface area contributed by atoms with Crippen molar-refractivity contribution in [1.29, 1.82) is 0 Å². The number of rotatable bonds is 5. The largest absolute Gasteiger partial charge is 0.449 e. The van der Waals surface area contributed by atoms with Crippen LogP contribution in [0.5, 0.6) is 0 Å². The smallest absolute Gasteiger partial charge is 0.407 e. The Morgan fingerprint density at radius 1 is 1.06 bits per heavy atom. The number of alkyl carbamates (subject to hydrolysis) is 1. The Morgan fingerprint density at radius 3 is 2.52 bits per heavy atom. The first-order valence-electron chi connectivity index (χ1n) is 10.1. The summed E-state index contributed by atoms with van der Waals surface area (Å²) in [6.07, 6.45) is 3.43. The molecule has 31 heavy (non-hydrogen) atoms. The molecule has 4 aromatic rings. The van der Waals surface area contributed by atoms with E-state index in [0.717, 1.165) is 15.8 Å². The van der Waals surface area contributed by atoms with Crippen LogP contribution in [0.4, 0.5) is 9.93 Å². The van der Waals surface area contributed by atoms with Crippen LogP contribution in [-0.2, 0) is 4.74 Å². The van der Waals surface area contributed by atoms with Crippen molar-refractivity contribution < 1.29 is 9.53 Å². The highest BCUT2D eigenvalue weighted by molar-refractivity contribution is 7.22. The Hall–Kier alpha value is -3.64. The molecular formula is C25H21N3O2S. The fourth-order valence-corrected chi connectivity index (χ4v) is 4.83. The van der Waals surface area contributed by atoms with Crippen molar-refractivity contribution >= 4 is 38.9 Å². The molecule has 0 spiro atoms. The fourth-order valence-electron chi connectivity index (χ4n) is 4.05. The summed E-state index contributed by atoms with van der Waals surface area (Å²) in [4.78, 5) is 16.5. The van der Waals surface area contributed by atoms with Crippen LogP contribution in [0.2, 0.25) is 0 Å². The molecule has 6 heteroatoms. The first kappa shape index (κ1) is 19.3. The number of carbonyl (C=O) groups excluding carboxylic acids is 1. The first-order valence-corrected chi connectivity index (χ1v) is 10.9. The zero-order valence-electron chi connectivity index (χ0n) is 16.7. The van der Waals surface area contributed by atoms with Crippen LogP contribution < -0.4 is 11.1 Å². The highest BCUT2D eigenvalue weighted by atomic mass is 32.1. The molecule has 1 aliphatic rings. The summed E-state index contributed by atoms with van der Waals surface area (Å²) < 4.78 is 6.59. The number of nitrogen functional groups attached to an aromatic ring is 1. The van der Waals surface area contributed by atoms with Crippen LogP contribution >= 0.6 is 11.3 Å². The van der Waals surface area contributed by atoms with Crippen molar-refractivity contribution in [2.24, 2.45) is 0 Å². The van der Waals surface area contributed by atoms with Crippen LogP contribution in [-0.4, -0.2) is 24.2 Å². The average molecular weight is 428 g/mol. The normalized spacial score (nSPS) is 12.8. The third kappa shape index (κ3) is 3.90. The molecule has 0 radical (unpaired) electrons. The summed E-state index contributed by atoms with van der Waals surface area (Å²) in [5.41, 5.74) is 12.5.